The topological polar surface area (TPSA) is 32.3 Å². The van der Waals surface area contributed by atoms with Gasteiger partial charge in [0.2, 0.25) is 0 Å². The van der Waals surface area contributed by atoms with Gasteiger partial charge in [-0.15, -0.1) is 0 Å². The van der Waals surface area contributed by atoms with Crippen LogP contribution in [0.25, 0.3) is 0 Å². The molecule has 2 N–H and O–H groups in total. The first-order chi connectivity index (χ1) is 6.29. The van der Waals surface area contributed by atoms with Crippen LogP contribution in [0.15, 0.2) is 0 Å². The third-order valence-corrected chi connectivity index (χ3v) is 4.38. The third kappa shape index (κ3) is 3.15. The summed E-state index contributed by atoms with van der Waals surface area (Å²) < 4.78 is 0. The van der Waals surface area contributed by atoms with E-state index in [0.29, 0.717) is 12.6 Å². The lowest BCUT2D eigenvalue weighted by atomic mass is 10.1. The molecule has 1 aliphatic carbocycles. The fraction of sp³-hybridized carbons (Fsp3) is 1.00. The maximum Gasteiger partial charge on any atom is 0.0521 e. The van der Waals surface area contributed by atoms with Crippen LogP contribution >= 0.6 is 11.8 Å². The molecule has 0 aliphatic heterocycles. The molecule has 0 radical (unpaired) electrons. The van der Waals surface area contributed by atoms with Crippen LogP contribution in [-0.4, -0.2) is 35.3 Å². The quantitative estimate of drug-likeness (QED) is 0.710. The standard InChI is InChI=1S/C10H21NOS/c1-3-11-9-4-5-10(8(9)2)13-7-6-12/h8-12H,3-7H2,1-2H3. The molecule has 1 aliphatic rings. The summed E-state index contributed by atoms with van der Waals surface area (Å²) in [4.78, 5) is 0. The first kappa shape index (κ1) is 11.3. The summed E-state index contributed by atoms with van der Waals surface area (Å²) in [6, 6.07) is 0.709. The predicted molar refractivity (Wildman–Crippen MR) is 59.2 cm³/mol. The molecule has 0 aromatic rings. The lowest BCUT2D eigenvalue weighted by Gasteiger charge is -2.20. The van der Waals surface area contributed by atoms with Gasteiger partial charge in [-0.25, -0.2) is 0 Å². The van der Waals surface area contributed by atoms with Crippen molar-refractivity contribution in [1.29, 1.82) is 0 Å². The average molecular weight is 203 g/mol. The highest BCUT2D eigenvalue weighted by atomic mass is 32.2. The van der Waals surface area contributed by atoms with Crippen LogP contribution in [0, 0.1) is 5.92 Å². The highest BCUT2D eigenvalue weighted by molar-refractivity contribution is 7.99. The fourth-order valence-electron chi connectivity index (χ4n) is 2.12. The van der Waals surface area contributed by atoms with E-state index in [4.69, 9.17) is 5.11 Å². The molecule has 3 unspecified atom stereocenters. The summed E-state index contributed by atoms with van der Waals surface area (Å²) in [6.07, 6.45) is 2.61. The molecule has 0 amide bonds. The second-order valence-electron chi connectivity index (χ2n) is 3.73. The molecule has 0 spiro atoms. The molecule has 0 saturated heterocycles. The van der Waals surface area contributed by atoms with Crippen molar-refractivity contribution in [2.45, 2.75) is 38.0 Å². The van der Waals surface area contributed by atoms with Crippen LogP contribution in [0.3, 0.4) is 0 Å². The monoisotopic (exact) mass is 203 g/mol. The number of nitrogens with one attached hydrogen (secondary N) is 1. The lowest BCUT2D eigenvalue weighted by molar-refractivity contribution is 0.322. The average Bonchev–Trinajstić information content (AvgIpc) is 2.46. The molecule has 78 valence electrons. The maximum atomic E-state index is 8.75. The lowest BCUT2D eigenvalue weighted by Crippen LogP contribution is -2.33. The Morgan fingerprint density at radius 2 is 2.23 bits per heavy atom. The third-order valence-electron chi connectivity index (χ3n) is 2.87. The van der Waals surface area contributed by atoms with E-state index in [9.17, 15) is 0 Å². The summed E-state index contributed by atoms with van der Waals surface area (Å²) in [5.74, 6) is 1.66. The summed E-state index contributed by atoms with van der Waals surface area (Å²) in [5, 5.41) is 13.0. The van der Waals surface area contributed by atoms with Gasteiger partial charge in [0, 0.05) is 17.0 Å². The normalized spacial score (nSPS) is 33.9. The summed E-state index contributed by atoms with van der Waals surface area (Å²) in [6.45, 7) is 5.89. The number of hydrogen-bond acceptors (Lipinski definition) is 3. The second kappa shape index (κ2) is 5.89. The Hall–Kier alpha value is 0.270. The Balaban J connectivity index is 2.27. The number of hydrogen-bond donors (Lipinski definition) is 2. The van der Waals surface area contributed by atoms with Gasteiger partial charge in [-0.3, -0.25) is 0 Å². The van der Waals surface area contributed by atoms with Gasteiger partial charge in [-0.2, -0.15) is 11.8 Å². The van der Waals surface area contributed by atoms with Gasteiger partial charge in [-0.05, 0) is 25.3 Å². The van der Waals surface area contributed by atoms with Gasteiger partial charge in [0.1, 0.15) is 0 Å². The van der Waals surface area contributed by atoms with Gasteiger partial charge in [0.05, 0.1) is 6.61 Å². The molecule has 1 rings (SSSR count). The molecule has 0 aromatic carbocycles. The maximum absolute atomic E-state index is 8.75. The Morgan fingerprint density at radius 3 is 2.85 bits per heavy atom. The van der Waals surface area contributed by atoms with Crippen LogP contribution in [0.4, 0.5) is 0 Å². The van der Waals surface area contributed by atoms with Crippen molar-refractivity contribution in [1.82, 2.24) is 5.32 Å². The van der Waals surface area contributed by atoms with Crippen molar-refractivity contribution < 1.29 is 5.11 Å². The highest BCUT2D eigenvalue weighted by Crippen LogP contribution is 2.34. The molecule has 0 bridgehead atoms. The van der Waals surface area contributed by atoms with Gasteiger partial charge >= 0.3 is 0 Å². The molecule has 0 aromatic heterocycles. The van der Waals surface area contributed by atoms with Crippen molar-refractivity contribution in [3.05, 3.63) is 0 Å². The van der Waals surface area contributed by atoms with Crippen molar-refractivity contribution in [2.75, 3.05) is 18.9 Å². The Bertz CT molecular complexity index is 143. The van der Waals surface area contributed by atoms with Crippen molar-refractivity contribution >= 4 is 11.8 Å². The molecular formula is C10H21NOS. The second-order valence-corrected chi connectivity index (χ2v) is 5.08. The minimum atomic E-state index is 0.319. The van der Waals surface area contributed by atoms with E-state index in [0.717, 1.165) is 23.5 Å². The first-order valence-corrected chi connectivity index (χ1v) is 6.30. The number of thioether (sulfide) groups is 1. The van der Waals surface area contributed by atoms with Crippen LogP contribution in [0.5, 0.6) is 0 Å². The van der Waals surface area contributed by atoms with Gasteiger partial charge in [0.25, 0.3) is 0 Å². The highest BCUT2D eigenvalue weighted by Gasteiger charge is 2.31. The van der Waals surface area contributed by atoms with E-state index in [1.807, 2.05) is 11.8 Å². The van der Waals surface area contributed by atoms with Crippen molar-refractivity contribution in [3.63, 3.8) is 0 Å². The van der Waals surface area contributed by atoms with Crippen LogP contribution in [0.1, 0.15) is 26.7 Å². The van der Waals surface area contributed by atoms with Gasteiger partial charge in [-0.1, -0.05) is 13.8 Å². The van der Waals surface area contributed by atoms with Gasteiger partial charge < -0.3 is 10.4 Å². The number of rotatable bonds is 5. The summed E-state index contributed by atoms with van der Waals surface area (Å²) >= 11 is 1.93. The van der Waals surface area contributed by atoms with Crippen LogP contribution in [-0.2, 0) is 0 Å². The molecule has 3 atom stereocenters. The van der Waals surface area contributed by atoms with E-state index < -0.39 is 0 Å². The van der Waals surface area contributed by atoms with Crippen molar-refractivity contribution in [2.24, 2.45) is 5.92 Å². The zero-order valence-electron chi connectivity index (χ0n) is 8.62. The predicted octanol–water partition coefficient (Wildman–Crippen LogP) is 1.49. The molecular weight excluding hydrogens is 182 g/mol. The zero-order valence-corrected chi connectivity index (χ0v) is 9.44. The van der Waals surface area contributed by atoms with Crippen LogP contribution in [0.2, 0.25) is 0 Å². The van der Waals surface area contributed by atoms with E-state index in [1.54, 1.807) is 0 Å². The Morgan fingerprint density at radius 1 is 1.46 bits per heavy atom. The molecule has 3 heteroatoms. The van der Waals surface area contributed by atoms with E-state index in [2.05, 4.69) is 19.2 Å². The molecule has 2 nitrogen and oxygen atoms in total. The summed E-state index contributed by atoms with van der Waals surface area (Å²) in [7, 11) is 0. The zero-order chi connectivity index (χ0) is 9.68. The van der Waals surface area contributed by atoms with Crippen molar-refractivity contribution in [3.8, 4) is 0 Å². The molecule has 1 saturated carbocycles. The Labute approximate surface area is 85.5 Å². The summed E-state index contributed by atoms with van der Waals surface area (Å²) in [5.41, 5.74) is 0. The largest absolute Gasteiger partial charge is 0.396 e. The molecule has 13 heavy (non-hydrogen) atoms. The first-order valence-electron chi connectivity index (χ1n) is 5.25. The Kier molecular flexibility index (Phi) is 5.14. The molecule has 1 fully saturated rings. The number of aliphatic hydroxyl groups is 1. The van der Waals surface area contributed by atoms with Gasteiger partial charge in [0.15, 0.2) is 0 Å². The number of aliphatic hydroxyl groups excluding tert-OH is 1. The van der Waals surface area contributed by atoms with Crippen LogP contribution < -0.4 is 5.32 Å². The molecule has 0 heterocycles. The van der Waals surface area contributed by atoms with E-state index in [-0.39, 0.29) is 0 Å². The van der Waals surface area contributed by atoms with E-state index >= 15 is 0 Å². The van der Waals surface area contributed by atoms with E-state index in [1.165, 1.54) is 12.8 Å². The minimum Gasteiger partial charge on any atom is -0.396 e. The smallest absolute Gasteiger partial charge is 0.0521 e. The minimum absolute atomic E-state index is 0.319. The fourth-order valence-corrected chi connectivity index (χ4v) is 3.32. The SMILES string of the molecule is CCNC1CCC(SCCO)C1C.